The Morgan fingerprint density at radius 2 is 2.08 bits per heavy atom. The third-order valence-corrected chi connectivity index (χ3v) is 1.74. The summed E-state index contributed by atoms with van der Waals surface area (Å²) in [5.74, 6) is -0.00444. The molecule has 3 heteroatoms. The van der Waals surface area contributed by atoms with Crippen LogP contribution in [0, 0.1) is 5.82 Å². The van der Waals surface area contributed by atoms with Gasteiger partial charge in [-0.2, -0.15) is 0 Å². The summed E-state index contributed by atoms with van der Waals surface area (Å²) in [7, 11) is 0. The maximum atomic E-state index is 12.9. The van der Waals surface area contributed by atoms with E-state index in [0.29, 0.717) is 19.0 Å². The van der Waals surface area contributed by atoms with Gasteiger partial charge in [-0.3, -0.25) is 0 Å². The Morgan fingerprint density at radius 3 is 2.67 bits per heavy atom. The molecule has 0 radical (unpaired) electrons. The number of halogens is 1. The van der Waals surface area contributed by atoms with Crippen LogP contribution in [-0.2, 0) is 4.74 Å². The zero-order valence-corrected chi connectivity index (χ0v) is 6.50. The molecule has 2 rings (SSSR count). The molecule has 0 saturated carbocycles. The van der Waals surface area contributed by atoms with E-state index in [-0.39, 0.29) is 11.9 Å². The minimum atomic E-state index is -0.315. The third kappa shape index (κ3) is 1.41. The fourth-order valence-corrected chi connectivity index (χ4v) is 1.00. The van der Waals surface area contributed by atoms with Crippen molar-refractivity contribution in [1.82, 2.24) is 0 Å². The van der Waals surface area contributed by atoms with Crippen LogP contribution in [0.5, 0.6) is 5.75 Å². The Balaban J connectivity index is 2.06. The molecule has 0 aliphatic carbocycles. The van der Waals surface area contributed by atoms with Crippen LogP contribution >= 0.6 is 0 Å². The van der Waals surface area contributed by atoms with Crippen molar-refractivity contribution in [3.8, 4) is 5.75 Å². The molecule has 0 amide bonds. The van der Waals surface area contributed by atoms with Crippen molar-refractivity contribution >= 4 is 0 Å². The van der Waals surface area contributed by atoms with Crippen LogP contribution in [-0.4, -0.2) is 19.3 Å². The first-order valence-electron chi connectivity index (χ1n) is 3.85. The van der Waals surface area contributed by atoms with E-state index in [2.05, 4.69) is 0 Å². The average Bonchev–Trinajstić information content (AvgIpc) is 2.00. The van der Waals surface area contributed by atoms with Crippen molar-refractivity contribution in [1.29, 1.82) is 0 Å². The minimum absolute atomic E-state index is 0.0295. The topological polar surface area (TPSA) is 18.5 Å². The first-order chi connectivity index (χ1) is 5.86. The highest BCUT2D eigenvalue weighted by molar-refractivity contribution is 5.24. The second-order valence-electron chi connectivity index (χ2n) is 2.71. The number of hydrogen-bond acceptors (Lipinski definition) is 2. The van der Waals surface area contributed by atoms with Gasteiger partial charge in [0, 0.05) is 0 Å². The Morgan fingerprint density at radius 1 is 1.33 bits per heavy atom. The van der Waals surface area contributed by atoms with Gasteiger partial charge in [-0.05, 0) is 12.1 Å². The molecule has 1 aromatic rings. The number of ether oxygens (including phenoxy) is 2. The van der Waals surface area contributed by atoms with Gasteiger partial charge in [-0.25, -0.2) is 4.39 Å². The normalized spacial score (nSPS) is 17.1. The molecule has 2 nitrogen and oxygen atoms in total. The summed E-state index contributed by atoms with van der Waals surface area (Å²) in [6, 6.07) is 6.39. The molecule has 12 heavy (non-hydrogen) atoms. The quantitative estimate of drug-likeness (QED) is 0.667. The Bertz CT molecular complexity index is 271. The molecule has 0 unspecified atom stereocenters. The summed E-state index contributed by atoms with van der Waals surface area (Å²) in [6.45, 7) is 1.13. The summed E-state index contributed by atoms with van der Waals surface area (Å²) >= 11 is 0. The molecule has 0 spiro atoms. The standard InChI is InChI=1S/C9H9FO2/c10-8-3-1-2-4-9(8)12-7-5-11-6-7/h1-4,7H,5-6H2. The first-order valence-corrected chi connectivity index (χ1v) is 3.85. The smallest absolute Gasteiger partial charge is 0.165 e. The van der Waals surface area contributed by atoms with Crippen molar-refractivity contribution < 1.29 is 13.9 Å². The summed E-state index contributed by atoms with van der Waals surface area (Å²) in [4.78, 5) is 0. The van der Waals surface area contributed by atoms with Crippen molar-refractivity contribution in [3.63, 3.8) is 0 Å². The Kier molecular flexibility index (Phi) is 1.96. The molecular weight excluding hydrogens is 159 g/mol. The van der Waals surface area contributed by atoms with Crippen LogP contribution in [0.1, 0.15) is 0 Å². The molecule has 1 saturated heterocycles. The fraction of sp³-hybridized carbons (Fsp3) is 0.333. The van der Waals surface area contributed by atoms with Crippen LogP contribution in [0.4, 0.5) is 4.39 Å². The lowest BCUT2D eigenvalue weighted by Gasteiger charge is -2.26. The first kappa shape index (κ1) is 7.55. The van der Waals surface area contributed by atoms with Gasteiger partial charge >= 0.3 is 0 Å². The summed E-state index contributed by atoms with van der Waals surface area (Å²) < 4.78 is 23.1. The minimum Gasteiger partial charge on any atom is -0.483 e. The molecule has 1 heterocycles. The Hall–Kier alpha value is -1.09. The second kappa shape index (κ2) is 3.11. The van der Waals surface area contributed by atoms with Gasteiger partial charge in [0.2, 0.25) is 0 Å². The van der Waals surface area contributed by atoms with Crippen molar-refractivity contribution in [2.45, 2.75) is 6.10 Å². The second-order valence-corrected chi connectivity index (χ2v) is 2.71. The van der Waals surface area contributed by atoms with E-state index < -0.39 is 0 Å². The maximum Gasteiger partial charge on any atom is 0.165 e. The van der Waals surface area contributed by atoms with Crippen LogP contribution in [0.15, 0.2) is 24.3 Å². The fourth-order valence-electron chi connectivity index (χ4n) is 1.00. The van der Waals surface area contributed by atoms with Gasteiger partial charge in [0.15, 0.2) is 11.6 Å². The number of benzene rings is 1. The largest absolute Gasteiger partial charge is 0.483 e. The van der Waals surface area contributed by atoms with E-state index in [4.69, 9.17) is 9.47 Å². The zero-order valence-electron chi connectivity index (χ0n) is 6.50. The van der Waals surface area contributed by atoms with Gasteiger partial charge in [0.1, 0.15) is 6.10 Å². The molecule has 64 valence electrons. The van der Waals surface area contributed by atoms with Gasteiger partial charge in [-0.1, -0.05) is 12.1 Å². The van der Waals surface area contributed by atoms with Gasteiger partial charge in [0.05, 0.1) is 13.2 Å². The molecule has 0 atom stereocenters. The monoisotopic (exact) mass is 168 g/mol. The molecule has 1 aliphatic heterocycles. The van der Waals surface area contributed by atoms with Gasteiger partial charge < -0.3 is 9.47 Å². The van der Waals surface area contributed by atoms with Crippen molar-refractivity contribution in [2.24, 2.45) is 0 Å². The number of para-hydroxylation sites is 1. The predicted molar refractivity (Wildman–Crippen MR) is 41.6 cm³/mol. The van der Waals surface area contributed by atoms with E-state index >= 15 is 0 Å². The van der Waals surface area contributed by atoms with Crippen LogP contribution in [0.2, 0.25) is 0 Å². The molecule has 1 aromatic carbocycles. The van der Waals surface area contributed by atoms with Gasteiger partial charge in [0.25, 0.3) is 0 Å². The third-order valence-electron chi connectivity index (χ3n) is 1.74. The van der Waals surface area contributed by atoms with Crippen LogP contribution < -0.4 is 4.74 Å². The highest BCUT2D eigenvalue weighted by atomic mass is 19.1. The highest BCUT2D eigenvalue weighted by Gasteiger charge is 2.20. The maximum absolute atomic E-state index is 12.9. The number of rotatable bonds is 2. The highest BCUT2D eigenvalue weighted by Crippen LogP contribution is 2.19. The average molecular weight is 168 g/mol. The summed E-state index contributed by atoms with van der Waals surface area (Å²) in [5.41, 5.74) is 0. The van der Waals surface area contributed by atoms with E-state index in [9.17, 15) is 4.39 Å². The summed E-state index contributed by atoms with van der Waals surface area (Å²) in [5, 5.41) is 0. The van der Waals surface area contributed by atoms with E-state index in [1.165, 1.54) is 6.07 Å². The van der Waals surface area contributed by atoms with Crippen molar-refractivity contribution in [3.05, 3.63) is 30.1 Å². The van der Waals surface area contributed by atoms with E-state index in [1.807, 2.05) is 0 Å². The van der Waals surface area contributed by atoms with Gasteiger partial charge in [-0.15, -0.1) is 0 Å². The summed E-state index contributed by atoms with van der Waals surface area (Å²) in [6.07, 6.45) is 0.0295. The molecule has 0 bridgehead atoms. The van der Waals surface area contributed by atoms with Crippen LogP contribution in [0.3, 0.4) is 0 Å². The number of hydrogen-bond donors (Lipinski definition) is 0. The molecular formula is C9H9FO2. The molecule has 0 N–H and O–H groups in total. The van der Waals surface area contributed by atoms with Crippen molar-refractivity contribution in [2.75, 3.05) is 13.2 Å². The lowest BCUT2D eigenvalue weighted by atomic mass is 10.3. The lowest BCUT2D eigenvalue weighted by molar-refractivity contribution is -0.0808. The molecule has 1 aliphatic rings. The van der Waals surface area contributed by atoms with E-state index in [0.717, 1.165) is 0 Å². The lowest BCUT2D eigenvalue weighted by Crippen LogP contribution is -2.38. The molecule has 1 fully saturated rings. The predicted octanol–water partition coefficient (Wildman–Crippen LogP) is 1.60. The van der Waals surface area contributed by atoms with Crippen LogP contribution in [0.25, 0.3) is 0 Å². The Labute approximate surface area is 69.9 Å². The SMILES string of the molecule is Fc1ccccc1OC1COC1. The van der Waals surface area contributed by atoms with E-state index in [1.54, 1.807) is 18.2 Å². The zero-order chi connectivity index (χ0) is 8.39. The molecule has 0 aromatic heterocycles.